The highest BCUT2D eigenvalue weighted by atomic mass is 35.5. The number of nitrogens with two attached hydrogens (primary N) is 1. The topological polar surface area (TPSA) is 49.6 Å². The summed E-state index contributed by atoms with van der Waals surface area (Å²) in [5, 5.41) is 0. The Labute approximate surface area is 116 Å². The van der Waals surface area contributed by atoms with Crippen molar-refractivity contribution in [2.45, 2.75) is 45.1 Å². The van der Waals surface area contributed by atoms with Gasteiger partial charge in [0.05, 0.1) is 0 Å². The van der Waals surface area contributed by atoms with Crippen LogP contribution in [-0.2, 0) is 0 Å². The lowest BCUT2D eigenvalue weighted by atomic mass is 9.99. The van der Waals surface area contributed by atoms with Gasteiger partial charge in [-0.05, 0) is 38.0 Å². The van der Waals surface area contributed by atoms with Crippen LogP contribution in [0.5, 0.6) is 0 Å². The molecule has 5 heteroatoms. The maximum absolute atomic E-state index is 12.4. The maximum Gasteiger partial charge on any atom is 0.320 e. The fourth-order valence-corrected chi connectivity index (χ4v) is 2.88. The molecule has 1 unspecified atom stereocenters. The van der Waals surface area contributed by atoms with E-state index >= 15 is 0 Å². The van der Waals surface area contributed by atoms with Gasteiger partial charge in [0, 0.05) is 32.2 Å². The first-order chi connectivity index (χ1) is 8.22. The SMILES string of the molecule is CC1CCN(C(=O)N2CCCCC2CN)CC1.Cl. The Morgan fingerprint density at radius 3 is 2.44 bits per heavy atom. The molecule has 0 aromatic rings. The number of carbonyl (C=O) groups excluding carboxylic acids is 1. The van der Waals surface area contributed by atoms with Crippen LogP contribution in [0.2, 0.25) is 0 Å². The molecule has 0 radical (unpaired) electrons. The summed E-state index contributed by atoms with van der Waals surface area (Å²) in [5.41, 5.74) is 5.77. The van der Waals surface area contributed by atoms with Crippen molar-refractivity contribution in [2.75, 3.05) is 26.2 Å². The predicted octanol–water partition coefficient (Wildman–Crippen LogP) is 2.07. The molecule has 2 fully saturated rings. The van der Waals surface area contributed by atoms with E-state index in [1.54, 1.807) is 0 Å². The fraction of sp³-hybridized carbons (Fsp3) is 0.923. The third-order valence-corrected chi connectivity index (χ3v) is 4.20. The Morgan fingerprint density at radius 1 is 1.17 bits per heavy atom. The first kappa shape index (κ1) is 15.6. The number of piperidine rings is 2. The van der Waals surface area contributed by atoms with Gasteiger partial charge in [0.1, 0.15) is 0 Å². The number of urea groups is 1. The van der Waals surface area contributed by atoms with E-state index in [4.69, 9.17) is 5.73 Å². The maximum atomic E-state index is 12.4. The van der Waals surface area contributed by atoms with Crippen molar-refractivity contribution in [1.82, 2.24) is 9.80 Å². The fourth-order valence-electron chi connectivity index (χ4n) is 2.88. The molecule has 2 saturated heterocycles. The molecule has 0 aromatic heterocycles. The zero-order valence-corrected chi connectivity index (χ0v) is 12.1. The molecule has 4 nitrogen and oxygen atoms in total. The van der Waals surface area contributed by atoms with Gasteiger partial charge < -0.3 is 15.5 Å². The first-order valence-electron chi connectivity index (χ1n) is 6.98. The third kappa shape index (κ3) is 3.51. The van der Waals surface area contributed by atoms with Crippen LogP contribution in [0, 0.1) is 5.92 Å². The van der Waals surface area contributed by atoms with Crippen molar-refractivity contribution in [1.29, 1.82) is 0 Å². The second-order valence-electron chi connectivity index (χ2n) is 5.53. The Balaban J connectivity index is 0.00000162. The van der Waals surface area contributed by atoms with Gasteiger partial charge in [-0.3, -0.25) is 0 Å². The van der Waals surface area contributed by atoms with Crippen molar-refractivity contribution in [2.24, 2.45) is 11.7 Å². The molecule has 0 spiro atoms. The van der Waals surface area contributed by atoms with E-state index < -0.39 is 0 Å². The molecular weight excluding hydrogens is 250 g/mol. The molecule has 2 aliphatic heterocycles. The van der Waals surface area contributed by atoms with Crippen LogP contribution in [0.25, 0.3) is 0 Å². The summed E-state index contributed by atoms with van der Waals surface area (Å²) in [5.74, 6) is 0.769. The van der Waals surface area contributed by atoms with Crippen molar-refractivity contribution in [3.63, 3.8) is 0 Å². The van der Waals surface area contributed by atoms with Gasteiger partial charge in [0.2, 0.25) is 0 Å². The molecule has 2 rings (SSSR count). The summed E-state index contributed by atoms with van der Waals surface area (Å²) in [6, 6.07) is 0.502. The molecule has 0 aliphatic carbocycles. The summed E-state index contributed by atoms with van der Waals surface area (Å²) in [6.45, 7) is 5.62. The van der Waals surface area contributed by atoms with Crippen molar-refractivity contribution < 1.29 is 4.79 Å². The number of hydrogen-bond donors (Lipinski definition) is 1. The van der Waals surface area contributed by atoms with Crippen LogP contribution in [0.1, 0.15) is 39.0 Å². The van der Waals surface area contributed by atoms with Gasteiger partial charge in [0.15, 0.2) is 0 Å². The lowest BCUT2D eigenvalue weighted by molar-refractivity contribution is 0.105. The van der Waals surface area contributed by atoms with Gasteiger partial charge in [0.25, 0.3) is 0 Å². The Bertz CT molecular complexity index is 267. The molecule has 18 heavy (non-hydrogen) atoms. The van der Waals surface area contributed by atoms with E-state index in [1.807, 2.05) is 9.80 Å². The largest absolute Gasteiger partial charge is 0.328 e. The van der Waals surface area contributed by atoms with Gasteiger partial charge in [-0.25, -0.2) is 4.79 Å². The van der Waals surface area contributed by atoms with Crippen LogP contribution in [0.4, 0.5) is 4.79 Å². The van der Waals surface area contributed by atoms with E-state index in [0.29, 0.717) is 6.54 Å². The minimum absolute atomic E-state index is 0. The second-order valence-corrected chi connectivity index (χ2v) is 5.53. The van der Waals surface area contributed by atoms with Crippen molar-refractivity contribution in [3.8, 4) is 0 Å². The molecule has 2 amide bonds. The molecular formula is C13H26ClN3O. The summed E-state index contributed by atoms with van der Waals surface area (Å²) in [4.78, 5) is 16.5. The highest BCUT2D eigenvalue weighted by Crippen LogP contribution is 2.21. The van der Waals surface area contributed by atoms with Gasteiger partial charge in [-0.1, -0.05) is 6.92 Å². The van der Waals surface area contributed by atoms with Crippen LogP contribution in [-0.4, -0.2) is 48.1 Å². The lowest BCUT2D eigenvalue weighted by Crippen LogP contribution is -2.54. The second kappa shape index (κ2) is 7.19. The summed E-state index contributed by atoms with van der Waals surface area (Å²) in [7, 11) is 0. The van der Waals surface area contributed by atoms with Gasteiger partial charge >= 0.3 is 6.03 Å². The van der Waals surface area contributed by atoms with Crippen LogP contribution >= 0.6 is 12.4 Å². The average molecular weight is 276 g/mol. The van der Waals surface area contributed by atoms with Gasteiger partial charge in [-0.15, -0.1) is 12.4 Å². The van der Waals surface area contributed by atoms with Crippen molar-refractivity contribution >= 4 is 18.4 Å². The number of nitrogens with zero attached hydrogens (tertiary/aromatic N) is 2. The number of rotatable bonds is 1. The number of amides is 2. The molecule has 0 bridgehead atoms. The number of halogens is 1. The van der Waals surface area contributed by atoms with E-state index in [9.17, 15) is 4.79 Å². The quantitative estimate of drug-likeness (QED) is 0.796. The number of carbonyl (C=O) groups is 1. The highest BCUT2D eigenvalue weighted by Gasteiger charge is 2.30. The zero-order chi connectivity index (χ0) is 12.3. The van der Waals surface area contributed by atoms with E-state index in [2.05, 4.69) is 6.92 Å². The molecule has 1 atom stereocenters. The Morgan fingerprint density at radius 2 is 1.83 bits per heavy atom. The van der Waals surface area contributed by atoms with Crippen LogP contribution in [0.15, 0.2) is 0 Å². The van der Waals surface area contributed by atoms with Gasteiger partial charge in [-0.2, -0.15) is 0 Å². The van der Waals surface area contributed by atoms with E-state index in [-0.39, 0.29) is 24.5 Å². The van der Waals surface area contributed by atoms with E-state index in [1.165, 1.54) is 6.42 Å². The lowest BCUT2D eigenvalue weighted by Gasteiger charge is -2.40. The first-order valence-corrected chi connectivity index (χ1v) is 6.98. The Kier molecular flexibility index (Phi) is 6.22. The van der Waals surface area contributed by atoms with Crippen LogP contribution in [0.3, 0.4) is 0 Å². The average Bonchev–Trinajstić information content (AvgIpc) is 2.39. The number of likely N-dealkylation sites (tertiary alicyclic amines) is 2. The number of hydrogen-bond acceptors (Lipinski definition) is 2. The van der Waals surface area contributed by atoms with Crippen LogP contribution < -0.4 is 5.73 Å². The smallest absolute Gasteiger partial charge is 0.320 e. The molecule has 0 aromatic carbocycles. The molecule has 2 aliphatic rings. The van der Waals surface area contributed by atoms with Crippen molar-refractivity contribution in [3.05, 3.63) is 0 Å². The molecule has 0 saturated carbocycles. The zero-order valence-electron chi connectivity index (χ0n) is 11.3. The summed E-state index contributed by atoms with van der Waals surface area (Å²) >= 11 is 0. The highest BCUT2D eigenvalue weighted by molar-refractivity contribution is 5.85. The van der Waals surface area contributed by atoms with E-state index in [0.717, 1.165) is 51.2 Å². The molecule has 2 heterocycles. The predicted molar refractivity (Wildman–Crippen MR) is 76.0 cm³/mol. The third-order valence-electron chi connectivity index (χ3n) is 4.20. The summed E-state index contributed by atoms with van der Waals surface area (Å²) in [6.07, 6.45) is 5.71. The Hall–Kier alpha value is -0.480. The minimum atomic E-state index is 0. The molecule has 106 valence electrons. The minimum Gasteiger partial charge on any atom is -0.328 e. The summed E-state index contributed by atoms with van der Waals surface area (Å²) < 4.78 is 0. The normalized spacial score (nSPS) is 25.8. The monoisotopic (exact) mass is 275 g/mol. The standard InChI is InChI=1S/C13H25N3O.ClH/c1-11-5-8-15(9-6-11)13(17)16-7-3-2-4-12(16)10-14;/h11-12H,2-10,14H2,1H3;1H. The molecule has 2 N–H and O–H groups in total.